The minimum absolute atomic E-state index is 0.0921. The third-order valence-corrected chi connectivity index (χ3v) is 3.97. The Morgan fingerprint density at radius 1 is 0.800 bits per heavy atom. The zero-order valence-corrected chi connectivity index (χ0v) is 14.8. The Balaban J connectivity index is 1.64. The van der Waals surface area contributed by atoms with Gasteiger partial charge < -0.3 is 14.2 Å². The fourth-order valence-corrected chi connectivity index (χ4v) is 2.67. The summed E-state index contributed by atoms with van der Waals surface area (Å²) < 4.78 is 17.2. The van der Waals surface area contributed by atoms with Crippen LogP contribution in [-0.4, -0.2) is 19.3 Å². The highest BCUT2D eigenvalue weighted by molar-refractivity contribution is 5.85. The molecule has 0 radical (unpaired) electrons. The Bertz CT molecular complexity index is 799. The van der Waals surface area contributed by atoms with Crippen LogP contribution in [0.15, 0.2) is 66.7 Å². The van der Waals surface area contributed by atoms with E-state index in [0.29, 0.717) is 19.8 Å². The van der Waals surface area contributed by atoms with Crippen molar-refractivity contribution in [3.05, 3.63) is 72.3 Å². The molecular formula is C22H24O3. The highest BCUT2D eigenvalue weighted by atomic mass is 16.5. The second-order valence-electron chi connectivity index (χ2n) is 6.02. The molecule has 3 nitrogen and oxygen atoms in total. The molecule has 3 aromatic carbocycles. The molecule has 0 heterocycles. The second-order valence-corrected chi connectivity index (χ2v) is 6.02. The molecule has 0 fully saturated rings. The van der Waals surface area contributed by atoms with Crippen LogP contribution in [0.4, 0.5) is 0 Å². The van der Waals surface area contributed by atoms with Crippen molar-refractivity contribution in [1.82, 2.24) is 0 Å². The van der Waals surface area contributed by atoms with Crippen LogP contribution in [-0.2, 0) is 11.3 Å². The van der Waals surface area contributed by atoms with Crippen LogP contribution in [0.5, 0.6) is 11.5 Å². The minimum Gasteiger partial charge on any atom is -0.491 e. The highest BCUT2D eigenvalue weighted by Gasteiger charge is 2.04. The molecule has 1 atom stereocenters. The molecule has 3 rings (SSSR count). The van der Waals surface area contributed by atoms with Crippen molar-refractivity contribution in [2.45, 2.75) is 26.6 Å². The zero-order valence-electron chi connectivity index (χ0n) is 14.8. The first-order chi connectivity index (χ1) is 12.2. The monoisotopic (exact) mass is 336 g/mol. The first kappa shape index (κ1) is 17.3. The van der Waals surface area contributed by atoms with Gasteiger partial charge in [-0.2, -0.15) is 0 Å². The van der Waals surface area contributed by atoms with Gasteiger partial charge in [0.2, 0.25) is 0 Å². The predicted octanol–water partition coefficient (Wildman–Crippen LogP) is 5.22. The Kier molecular flexibility index (Phi) is 5.91. The van der Waals surface area contributed by atoms with Gasteiger partial charge >= 0.3 is 0 Å². The highest BCUT2D eigenvalue weighted by Crippen LogP contribution is 2.25. The summed E-state index contributed by atoms with van der Waals surface area (Å²) in [5, 5.41) is 2.27. The average molecular weight is 336 g/mol. The maximum absolute atomic E-state index is 5.89. The van der Waals surface area contributed by atoms with Crippen LogP contribution >= 0.6 is 0 Å². The molecule has 0 N–H and O–H groups in total. The largest absolute Gasteiger partial charge is 0.491 e. The number of ether oxygens (including phenoxy) is 3. The van der Waals surface area contributed by atoms with Gasteiger partial charge in [0.05, 0.1) is 6.10 Å². The lowest BCUT2D eigenvalue weighted by Crippen LogP contribution is -2.17. The van der Waals surface area contributed by atoms with Crippen molar-refractivity contribution in [2.75, 3.05) is 13.2 Å². The van der Waals surface area contributed by atoms with Crippen molar-refractivity contribution in [3.63, 3.8) is 0 Å². The van der Waals surface area contributed by atoms with E-state index in [1.165, 1.54) is 0 Å². The maximum Gasteiger partial charge on any atom is 0.120 e. The summed E-state index contributed by atoms with van der Waals surface area (Å²) in [4.78, 5) is 0. The van der Waals surface area contributed by atoms with Crippen molar-refractivity contribution in [2.24, 2.45) is 0 Å². The van der Waals surface area contributed by atoms with E-state index in [9.17, 15) is 0 Å². The Hall–Kier alpha value is -2.52. The van der Waals surface area contributed by atoms with E-state index >= 15 is 0 Å². The van der Waals surface area contributed by atoms with Crippen LogP contribution in [0, 0.1) is 0 Å². The van der Waals surface area contributed by atoms with Crippen LogP contribution in [0.3, 0.4) is 0 Å². The van der Waals surface area contributed by atoms with Gasteiger partial charge in [-0.15, -0.1) is 0 Å². The van der Waals surface area contributed by atoms with E-state index in [1.54, 1.807) is 0 Å². The van der Waals surface area contributed by atoms with Crippen LogP contribution < -0.4 is 9.47 Å². The molecule has 0 saturated heterocycles. The van der Waals surface area contributed by atoms with Crippen LogP contribution in [0.2, 0.25) is 0 Å². The lowest BCUT2D eigenvalue weighted by molar-refractivity contribution is 0.0402. The average Bonchev–Trinajstić information content (AvgIpc) is 2.65. The maximum atomic E-state index is 5.89. The minimum atomic E-state index is 0.0921. The molecule has 3 aromatic rings. The number of benzene rings is 3. The topological polar surface area (TPSA) is 27.7 Å². The SMILES string of the molecule is CCOC(C)COc1ccc2cc(OCc3ccccc3)ccc2c1. The van der Waals surface area contributed by atoms with Crippen molar-refractivity contribution in [1.29, 1.82) is 0 Å². The Morgan fingerprint density at radius 3 is 2.08 bits per heavy atom. The smallest absolute Gasteiger partial charge is 0.120 e. The van der Waals surface area contributed by atoms with Gasteiger partial charge in [0, 0.05) is 6.61 Å². The molecule has 0 saturated carbocycles. The molecule has 3 heteroatoms. The molecule has 0 amide bonds. The lowest BCUT2D eigenvalue weighted by atomic mass is 10.1. The van der Waals surface area contributed by atoms with Gasteiger partial charge in [0.15, 0.2) is 0 Å². The molecule has 0 aliphatic rings. The molecule has 0 aliphatic carbocycles. The number of rotatable bonds is 8. The fourth-order valence-electron chi connectivity index (χ4n) is 2.67. The van der Waals surface area contributed by atoms with E-state index in [4.69, 9.17) is 14.2 Å². The van der Waals surface area contributed by atoms with E-state index in [0.717, 1.165) is 27.8 Å². The summed E-state index contributed by atoms with van der Waals surface area (Å²) in [7, 11) is 0. The standard InChI is InChI=1S/C22H24O3/c1-3-23-17(2)15-24-21-11-9-20-14-22(12-10-19(20)13-21)25-16-18-7-5-4-6-8-18/h4-14,17H,3,15-16H2,1-2H3. The molecule has 25 heavy (non-hydrogen) atoms. The number of fused-ring (bicyclic) bond motifs is 1. The van der Waals surface area contributed by atoms with Gasteiger partial charge in [-0.05, 0) is 54.4 Å². The van der Waals surface area contributed by atoms with E-state index in [1.807, 2.05) is 44.2 Å². The normalized spacial score (nSPS) is 12.1. The third kappa shape index (κ3) is 4.97. The van der Waals surface area contributed by atoms with Crippen molar-refractivity contribution in [3.8, 4) is 11.5 Å². The molecule has 0 aliphatic heterocycles. The van der Waals surface area contributed by atoms with Gasteiger partial charge in [-0.1, -0.05) is 42.5 Å². The first-order valence-electron chi connectivity index (χ1n) is 8.69. The zero-order chi connectivity index (χ0) is 17.5. The van der Waals surface area contributed by atoms with Crippen LogP contribution in [0.1, 0.15) is 19.4 Å². The molecule has 1 unspecified atom stereocenters. The quantitative estimate of drug-likeness (QED) is 0.564. The molecule has 0 aromatic heterocycles. The Morgan fingerprint density at radius 2 is 1.44 bits per heavy atom. The summed E-state index contributed by atoms with van der Waals surface area (Å²) in [5.74, 6) is 1.73. The summed E-state index contributed by atoms with van der Waals surface area (Å²) >= 11 is 0. The summed E-state index contributed by atoms with van der Waals surface area (Å²) in [6.07, 6.45) is 0.0921. The van der Waals surface area contributed by atoms with Gasteiger partial charge in [-0.25, -0.2) is 0 Å². The number of hydrogen-bond acceptors (Lipinski definition) is 3. The molecule has 0 bridgehead atoms. The number of hydrogen-bond donors (Lipinski definition) is 0. The summed E-state index contributed by atoms with van der Waals surface area (Å²) in [5.41, 5.74) is 1.16. The van der Waals surface area contributed by atoms with E-state index < -0.39 is 0 Å². The third-order valence-electron chi connectivity index (χ3n) is 3.97. The summed E-state index contributed by atoms with van der Waals surface area (Å²) in [6, 6.07) is 22.4. The van der Waals surface area contributed by atoms with Gasteiger partial charge in [-0.3, -0.25) is 0 Å². The molecule has 130 valence electrons. The van der Waals surface area contributed by atoms with Gasteiger partial charge in [0.1, 0.15) is 24.7 Å². The van der Waals surface area contributed by atoms with E-state index in [-0.39, 0.29) is 6.10 Å². The van der Waals surface area contributed by atoms with Gasteiger partial charge in [0.25, 0.3) is 0 Å². The predicted molar refractivity (Wildman–Crippen MR) is 101 cm³/mol. The fraction of sp³-hybridized carbons (Fsp3) is 0.273. The first-order valence-corrected chi connectivity index (χ1v) is 8.69. The van der Waals surface area contributed by atoms with Crippen LogP contribution in [0.25, 0.3) is 10.8 Å². The Labute approximate surface area is 149 Å². The van der Waals surface area contributed by atoms with E-state index in [2.05, 4.69) is 36.4 Å². The summed E-state index contributed by atoms with van der Waals surface area (Å²) in [6.45, 7) is 5.83. The molecular weight excluding hydrogens is 312 g/mol. The van der Waals surface area contributed by atoms with Crippen molar-refractivity contribution < 1.29 is 14.2 Å². The second kappa shape index (κ2) is 8.54. The molecule has 0 spiro atoms. The van der Waals surface area contributed by atoms with Crippen molar-refractivity contribution >= 4 is 10.8 Å². The lowest BCUT2D eigenvalue weighted by Gasteiger charge is -2.13.